The normalized spacial score (nSPS) is 11.4. The first-order chi connectivity index (χ1) is 9.00. The van der Waals surface area contributed by atoms with E-state index in [2.05, 4.69) is 10.6 Å². The van der Waals surface area contributed by atoms with Crippen molar-refractivity contribution < 1.29 is 24.6 Å². The molecule has 0 saturated heterocycles. The predicted molar refractivity (Wildman–Crippen MR) is 65.4 cm³/mol. The molecule has 1 rings (SSSR count). The summed E-state index contributed by atoms with van der Waals surface area (Å²) in [6.07, 6.45) is -1.66. The summed E-state index contributed by atoms with van der Waals surface area (Å²) in [5, 5.41) is 21.9. The molecule has 0 radical (unpaired) electrons. The molecule has 0 aliphatic heterocycles. The summed E-state index contributed by atoms with van der Waals surface area (Å²) in [5.74, 6) is -2.41. The molecule has 7 heteroatoms. The van der Waals surface area contributed by atoms with Crippen molar-refractivity contribution in [1.82, 2.24) is 10.6 Å². The SMILES string of the molecule is O=C(CNC(=O)c1ccccc1)NCC(O)C(=O)O. The van der Waals surface area contributed by atoms with Gasteiger partial charge in [0.1, 0.15) is 0 Å². The van der Waals surface area contributed by atoms with Gasteiger partial charge in [-0.1, -0.05) is 18.2 Å². The van der Waals surface area contributed by atoms with Gasteiger partial charge in [0, 0.05) is 5.56 Å². The maximum atomic E-state index is 11.6. The van der Waals surface area contributed by atoms with E-state index in [1.54, 1.807) is 30.3 Å². The molecule has 19 heavy (non-hydrogen) atoms. The molecular weight excluding hydrogens is 252 g/mol. The van der Waals surface area contributed by atoms with Gasteiger partial charge in [-0.05, 0) is 12.1 Å². The van der Waals surface area contributed by atoms with Gasteiger partial charge in [-0.2, -0.15) is 0 Å². The topological polar surface area (TPSA) is 116 Å². The second-order valence-corrected chi connectivity index (χ2v) is 3.71. The molecule has 1 unspecified atom stereocenters. The van der Waals surface area contributed by atoms with Gasteiger partial charge in [-0.15, -0.1) is 0 Å². The summed E-state index contributed by atoms with van der Waals surface area (Å²) >= 11 is 0. The third-order valence-corrected chi connectivity index (χ3v) is 2.22. The molecule has 1 aromatic rings. The number of aliphatic hydroxyl groups is 1. The number of aliphatic hydroxyl groups excluding tert-OH is 1. The molecule has 0 aliphatic rings. The molecule has 0 fully saturated rings. The minimum atomic E-state index is -1.66. The number of aliphatic carboxylic acids is 1. The van der Waals surface area contributed by atoms with Crippen molar-refractivity contribution in [2.75, 3.05) is 13.1 Å². The van der Waals surface area contributed by atoms with Crippen molar-refractivity contribution in [3.8, 4) is 0 Å². The molecule has 1 atom stereocenters. The maximum absolute atomic E-state index is 11.6. The van der Waals surface area contributed by atoms with Crippen molar-refractivity contribution in [3.05, 3.63) is 35.9 Å². The quantitative estimate of drug-likeness (QED) is 0.526. The zero-order valence-corrected chi connectivity index (χ0v) is 10.00. The third-order valence-electron chi connectivity index (χ3n) is 2.22. The zero-order valence-electron chi connectivity index (χ0n) is 10.00. The number of hydrogen-bond acceptors (Lipinski definition) is 4. The number of carbonyl (C=O) groups excluding carboxylic acids is 2. The lowest BCUT2D eigenvalue weighted by Gasteiger charge is -2.08. The summed E-state index contributed by atoms with van der Waals surface area (Å²) in [6.45, 7) is -0.699. The monoisotopic (exact) mass is 266 g/mol. The van der Waals surface area contributed by atoms with E-state index in [-0.39, 0.29) is 6.54 Å². The highest BCUT2D eigenvalue weighted by molar-refractivity contribution is 5.96. The number of nitrogens with one attached hydrogen (secondary N) is 2. The molecular formula is C12H14N2O5. The maximum Gasteiger partial charge on any atom is 0.334 e. The van der Waals surface area contributed by atoms with Gasteiger partial charge in [-0.25, -0.2) is 4.79 Å². The Labute approximate surface area is 109 Å². The second-order valence-electron chi connectivity index (χ2n) is 3.71. The average molecular weight is 266 g/mol. The average Bonchev–Trinajstić information content (AvgIpc) is 2.42. The first-order valence-electron chi connectivity index (χ1n) is 5.51. The third kappa shape index (κ3) is 5.17. The number of hydrogen-bond donors (Lipinski definition) is 4. The molecule has 0 spiro atoms. The van der Waals surface area contributed by atoms with Crippen molar-refractivity contribution in [3.63, 3.8) is 0 Å². The number of carboxylic acid groups (broad SMARTS) is 1. The molecule has 4 N–H and O–H groups in total. The van der Waals surface area contributed by atoms with Crippen molar-refractivity contribution in [1.29, 1.82) is 0 Å². The summed E-state index contributed by atoms with van der Waals surface area (Å²) < 4.78 is 0. The Morgan fingerprint density at radius 1 is 1.11 bits per heavy atom. The van der Waals surface area contributed by atoms with Crippen molar-refractivity contribution in [2.45, 2.75) is 6.10 Å². The van der Waals surface area contributed by atoms with Crippen LogP contribution >= 0.6 is 0 Å². The van der Waals surface area contributed by atoms with Gasteiger partial charge in [0.05, 0.1) is 13.1 Å². The Bertz CT molecular complexity index is 460. The standard InChI is InChI=1S/C12H14N2O5/c15-9(12(18)19)6-13-10(16)7-14-11(17)8-4-2-1-3-5-8/h1-5,9,15H,6-7H2,(H,13,16)(H,14,17)(H,18,19). The first-order valence-corrected chi connectivity index (χ1v) is 5.51. The van der Waals surface area contributed by atoms with Crippen LogP contribution in [0.25, 0.3) is 0 Å². The Morgan fingerprint density at radius 3 is 2.32 bits per heavy atom. The van der Waals surface area contributed by atoms with E-state index >= 15 is 0 Å². The van der Waals surface area contributed by atoms with Crippen LogP contribution in [-0.4, -0.2) is 47.2 Å². The fourth-order valence-corrected chi connectivity index (χ4v) is 1.21. The fourth-order valence-electron chi connectivity index (χ4n) is 1.21. The van der Waals surface area contributed by atoms with Crippen LogP contribution in [0.5, 0.6) is 0 Å². The Kier molecular flexibility index (Phi) is 5.49. The minimum absolute atomic E-state index is 0.292. The second kappa shape index (κ2) is 7.12. The lowest BCUT2D eigenvalue weighted by atomic mass is 10.2. The minimum Gasteiger partial charge on any atom is -0.479 e. The van der Waals surface area contributed by atoms with E-state index in [0.29, 0.717) is 5.56 Å². The Hall–Kier alpha value is -2.41. The van der Waals surface area contributed by atoms with Crippen LogP contribution < -0.4 is 10.6 Å². The predicted octanol–water partition coefficient (Wildman–Crippen LogP) is -1.02. The lowest BCUT2D eigenvalue weighted by Crippen LogP contribution is -2.41. The van der Waals surface area contributed by atoms with Crippen LogP contribution in [0.4, 0.5) is 0 Å². The van der Waals surface area contributed by atoms with Crippen molar-refractivity contribution in [2.24, 2.45) is 0 Å². The van der Waals surface area contributed by atoms with Gasteiger partial charge in [0.15, 0.2) is 6.10 Å². The highest BCUT2D eigenvalue weighted by atomic mass is 16.4. The molecule has 2 amide bonds. The van der Waals surface area contributed by atoms with Crippen LogP contribution in [0.1, 0.15) is 10.4 Å². The van der Waals surface area contributed by atoms with Crippen LogP contribution in [0.2, 0.25) is 0 Å². The van der Waals surface area contributed by atoms with E-state index in [1.165, 1.54) is 0 Å². The molecule has 0 saturated carbocycles. The summed E-state index contributed by atoms with van der Waals surface area (Å²) in [6, 6.07) is 8.34. The molecule has 0 bridgehead atoms. The van der Waals surface area contributed by atoms with Gasteiger partial charge in [-0.3, -0.25) is 9.59 Å². The van der Waals surface area contributed by atoms with Crippen LogP contribution in [0.15, 0.2) is 30.3 Å². The zero-order chi connectivity index (χ0) is 14.3. The molecule has 0 heterocycles. The van der Waals surface area contributed by atoms with E-state index in [0.717, 1.165) is 0 Å². The summed E-state index contributed by atoms with van der Waals surface area (Å²) in [5.41, 5.74) is 0.417. The molecule has 7 nitrogen and oxygen atoms in total. The lowest BCUT2D eigenvalue weighted by molar-refractivity contribution is -0.146. The number of benzene rings is 1. The number of rotatable bonds is 6. The first kappa shape index (κ1) is 14.7. The number of carbonyl (C=O) groups is 3. The van der Waals surface area contributed by atoms with Crippen LogP contribution in [0, 0.1) is 0 Å². The molecule has 0 aliphatic carbocycles. The molecule has 1 aromatic carbocycles. The van der Waals surface area contributed by atoms with Gasteiger partial charge < -0.3 is 20.8 Å². The van der Waals surface area contributed by atoms with Crippen LogP contribution in [0.3, 0.4) is 0 Å². The van der Waals surface area contributed by atoms with Crippen LogP contribution in [-0.2, 0) is 9.59 Å². The molecule has 102 valence electrons. The Morgan fingerprint density at radius 2 is 1.74 bits per heavy atom. The molecule has 0 aromatic heterocycles. The largest absolute Gasteiger partial charge is 0.479 e. The van der Waals surface area contributed by atoms with E-state index < -0.39 is 30.4 Å². The summed E-state index contributed by atoms with van der Waals surface area (Å²) in [7, 11) is 0. The van der Waals surface area contributed by atoms with Gasteiger partial charge in [0.25, 0.3) is 5.91 Å². The van der Waals surface area contributed by atoms with Crippen molar-refractivity contribution >= 4 is 17.8 Å². The highest BCUT2D eigenvalue weighted by Crippen LogP contribution is 1.97. The van der Waals surface area contributed by atoms with E-state index in [1.807, 2.05) is 0 Å². The number of amides is 2. The fraction of sp³-hybridized carbons (Fsp3) is 0.250. The number of carboxylic acids is 1. The smallest absolute Gasteiger partial charge is 0.334 e. The van der Waals surface area contributed by atoms with Gasteiger partial charge in [0.2, 0.25) is 5.91 Å². The highest BCUT2D eigenvalue weighted by Gasteiger charge is 2.14. The van der Waals surface area contributed by atoms with E-state index in [4.69, 9.17) is 10.2 Å². The summed E-state index contributed by atoms with van der Waals surface area (Å²) in [4.78, 5) is 33.1. The van der Waals surface area contributed by atoms with Gasteiger partial charge >= 0.3 is 5.97 Å². The Balaban J connectivity index is 2.31. The van der Waals surface area contributed by atoms with E-state index in [9.17, 15) is 14.4 Å².